The maximum atomic E-state index is 13.6. The highest BCUT2D eigenvalue weighted by atomic mass is 32.2. The van der Waals surface area contributed by atoms with Crippen LogP contribution in [0, 0.1) is 19.3 Å². The molecule has 3 aromatic rings. The van der Waals surface area contributed by atoms with Gasteiger partial charge in [0.25, 0.3) is 10.0 Å². The molecule has 152 valence electrons. The molecule has 1 heterocycles. The number of hydrogen-bond donors (Lipinski definition) is 0. The Kier molecular flexibility index (Phi) is 5.15. The average molecular weight is 419 g/mol. The minimum absolute atomic E-state index is 0.106. The number of ether oxygens (including phenoxy) is 1. The lowest BCUT2D eigenvalue weighted by Crippen LogP contribution is -2.47. The standard InChI is InChI=1S/C24H22N2O3S/c1-4-23-22-7-5-6-8-24(22)26(30(27,28)21-15-9-18(2)10-16-21)17-25(23)19-11-13-20(29-3)14-12-19/h1,5-16,23H,17H2,2-3H3/t23-/m0/s1. The summed E-state index contributed by atoms with van der Waals surface area (Å²) in [6.45, 7) is 2.03. The second-order valence-corrected chi connectivity index (χ2v) is 8.97. The van der Waals surface area contributed by atoms with Crippen LogP contribution in [0.5, 0.6) is 5.75 Å². The van der Waals surface area contributed by atoms with E-state index in [1.165, 1.54) is 4.31 Å². The Labute approximate surface area is 177 Å². The molecule has 0 saturated heterocycles. The van der Waals surface area contributed by atoms with E-state index < -0.39 is 10.0 Å². The monoisotopic (exact) mass is 418 g/mol. The summed E-state index contributed by atoms with van der Waals surface area (Å²) in [7, 11) is -2.18. The predicted octanol–water partition coefficient (Wildman–Crippen LogP) is 4.35. The molecule has 0 radical (unpaired) electrons. The topological polar surface area (TPSA) is 49.9 Å². The number of benzene rings is 3. The molecule has 0 spiro atoms. The van der Waals surface area contributed by atoms with Gasteiger partial charge >= 0.3 is 0 Å². The minimum atomic E-state index is -3.78. The van der Waals surface area contributed by atoms with E-state index in [9.17, 15) is 8.42 Å². The van der Waals surface area contributed by atoms with Crippen LogP contribution in [0.1, 0.15) is 17.2 Å². The lowest BCUT2D eigenvalue weighted by molar-refractivity contribution is 0.415. The van der Waals surface area contributed by atoms with Crippen LogP contribution in [0.15, 0.2) is 77.7 Å². The van der Waals surface area contributed by atoms with Gasteiger partial charge in [-0.05, 0) is 49.4 Å². The largest absolute Gasteiger partial charge is 0.497 e. The van der Waals surface area contributed by atoms with Crippen LogP contribution in [0.3, 0.4) is 0 Å². The van der Waals surface area contributed by atoms with Crippen LogP contribution in [0.25, 0.3) is 0 Å². The lowest BCUT2D eigenvalue weighted by Gasteiger charge is -2.42. The van der Waals surface area contributed by atoms with Crippen molar-refractivity contribution in [3.8, 4) is 18.1 Å². The van der Waals surface area contributed by atoms with Gasteiger partial charge in [0.15, 0.2) is 0 Å². The van der Waals surface area contributed by atoms with E-state index in [0.717, 1.165) is 22.6 Å². The predicted molar refractivity (Wildman–Crippen MR) is 119 cm³/mol. The van der Waals surface area contributed by atoms with Gasteiger partial charge in [-0.25, -0.2) is 12.7 Å². The lowest BCUT2D eigenvalue weighted by atomic mass is 10.0. The maximum Gasteiger partial charge on any atom is 0.265 e. The second kappa shape index (κ2) is 7.77. The number of sulfonamides is 1. The van der Waals surface area contributed by atoms with Crippen LogP contribution in [0.2, 0.25) is 0 Å². The van der Waals surface area contributed by atoms with Gasteiger partial charge in [-0.3, -0.25) is 0 Å². The summed E-state index contributed by atoms with van der Waals surface area (Å²) < 4.78 is 33.8. The third-order valence-corrected chi connectivity index (χ3v) is 7.02. The van der Waals surface area contributed by atoms with Crippen molar-refractivity contribution in [3.63, 3.8) is 0 Å². The molecule has 30 heavy (non-hydrogen) atoms. The molecule has 0 saturated carbocycles. The van der Waals surface area contributed by atoms with Crippen molar-refractivity contribution in [1.29, 1.82) is 0 Å². The van der Waals surface area contributed by atoms with E-state index in [4.69, 9.17) is 11.2 Å². The zero-order valence-electron chi connectivity index (χ0n) is 16.8. The molecular formula is C24H22N2O3S. The highest BCUT2D eigenvalue weighted by molar-refractivity contribution is 7.92. The Morgan fingerprint density at radius 3 is 2.30 bits per heavy atom. The van der Waals surface area contributed by atoms with Crippen LogP contribution < -0.4 is 13.9 Å². The molecular weight excluding hydrogens is 396 g/mol. The van der Waals surface area contributed by atoms with Gasteiger partial charge in [0, 0.05) is 11.3 Å². The first-order valence-corrected chi connectivity index (χ1v) is 10.9. The van der Waals surface area contributed by atoms with Crippen molar-refractivity contribution in [3.05, 3.63) is 83.9 Å². The van der Waals surface area contributed by atoms with E-state index in [1.54, 1.807) is 37.4 Å². The van der Waals surface area contributed by atoms with Crippen LogP contribution >= 0.6 is 0 Å². The number of nitrogens with zero attached hydrogens (tertiary/aromatic N) is 2. The molecule has 0 N–H and O–H groups in total. The molecule has 3 aromatic carbocycles. The summed E-state index contributed by atoms with van der Waals surface area (Å²) in [5.41, 5.74) is 3.20. The number of terminal acetylenes is 1. The molecule has 1 aliphatic heterocycles. The van der Waals surface area contributed by atoms with Gasteiger partial charge in [-0.2, -0.15) is 0 Å². The number of aryl methyl sites for hydroxylation is 1. The Balaban J connectivity index is 1.84. The molecule has 5 nitrogen and oxygen atoms in total. The molecule has 0 aromatic heterocycles. The molecule has 0 unspecified atom stereocenters. The van der Waals surface area contributed by atoms with Crippen molar-refractivity contribution >= 4 is 21.4 Å². The van der Waals surface area contributed by atoms with Gasteiger partial charge in [0.05, 0.1) is 17.7 Å². The Morgan fingerprint density at radius 2 is 1.67 bits per heavy atom. The summed E-state index contributed by atoms with van der Waals surface area (Å²) in [4.78, 5) is 2.16. The molecule has 6 heteroatoms. The number of para-hydroxylation sites is 1. The van der Waals surface area contributed by atoms with Crippen molar-refractivity contribution in [1.82, 2.24) is 0 Å². The number of hydrogen-bond acceptors (Lipinski definition) is 4. The number of anilines is 2. The third-order valence-electron chi connectivity index (χ3n) is 5.26. The molecule has 0 aliphatic carbocycles. The Bertz CT molecular complexity index is 1200. The van der Waals surface area contributed by atoms with E-state index in [0.29, 0.717) is 5.69 Å². The quantitative estimate of drug-likeness (QED) is 0.591. The normalized spacial score (nSPS) is 16.0. The molecule has 4 rings (SSSR count). The summed E-state index contributed by atoms with van der Waals surface area (Å²) in [5, 5.41) is 0. The van der Waals surface area contributed by atoms with E-state index >= 15 is 0 Å². The van der Waals surface area contributed by atoms with Crippen molar-refractivity contribution in [2.24, 2.45) is 0 Å². The minimum Gasteiger partial charge on any atom is -0.497 e. The van der Waals surface area contributed by atoms with Gasteiger partial charge < -0.3 is 9.64 Å². The first-order chi connectivity index (χ1) is 14.5. The first kappa shape index (κ1) is 19.9. The van der Waals surface area contributed by atoms with Gasteiger partial charge in [-0.1, -0.05) is 41.8 Å². The number of methoxy groups -OCH3 is 1. The molecule has 1 aliphatic rings. The molecule has 1 atom stereocenters. The van der Waals surface area contributed by atoms with Crippen molar-refractivity contribution in [2.75, 3.05) is 23.0 Å². The van der Waals surface area contributed by atoms with E-state index in [1.807, 2.05) is 54.3 Å². The Hall–Kier alpha value is -3.43. The van der Waals surface area contributed by atoms with Gasteiger partial charge in [0.2, 0.25) is 0 Å². The fourth-order valence-electron chi connectivity index (χ4n) is 3.64. The van der Waals surface area contributed by atoms with Crippen LogP contribution in [-0.4, -0.2) is 22.2 Å². The molecule has 0 bridgehead atoms. The zero-order chi connectivity index (χ0) is 21.3. The highest BCUT2D eigenvalue weighted by Gasteiger charge is 2.36. The Morgan fingerprint density at radius 1 is 1.00 bits per heavy atom. The summed E-state index contributed by atoms with van der Waals surface area (Å²) in [6, 6.07) is 21.3. The summed E-state index contributed by atoms with van der Waals surface area (Å²) >= 11 is 0. The highest BCUT2D eigenvalue weighted by Crippen LogP contribution is 2.40. The molecule has 0 fully saturated rings. The number of rotatable bonds is 4. The van der Waals surface area contributed by atoms with Crippen LogP contribution in [-0.2, 0) is 10.0 Å². The average Bonchev–Trinajstić information content (AvgIpc) is 2.78. The maximum absolute atomic E-state index is 13.6. The fourth-order valence-corrected chi connectivity index (χ4v) is 5.07. The number of fused-ring (bicyclic) bond motifs is 1. The van der Waals surface area contributed by atoms with E-state index in [2.05, 4.69) is 5.92 Å². The zero-order valence-corrected chi connectivity index (χ0v) is 17.6. The van der Waals surface area contributed by atoms with Crippen molar-refractivity contribution in [2.45, 2.75) is 17.9 Å². The SMILES string of the molecule is C#C[C@H]1c2ccccc2N(S(=O)(=O)c2ccc(C)cc2)CN1c1ccc(OC)cc1. The summed E-state index contributed by atoms with van der Waals surface area (Å²) in [6.07, 6.45) is 5.90. The first-order valence-electron chi connectivity index (χ1n) is 9.51. The van der Waals surface area contributed by atoms with Crippen molar-refractivity contribution < 1.29 is 13.2 Å². The second-order valence-electron chi connectivity index (χ2n) is 7.10. The summed E-state index contributed by atoms with van der Waals surface area (Å²) in [5.74, 6) is 3.55. The van der Waals surface area contributed by atoms with Gasteiger partial charge in [-0.15, -0.1) is 6.42 Å². The fraction of sp³-hybridized carbons (Fsp3) is 0.167. The smallest absolute Gasteiger partial charge is 0.265 e. The van der Waals surface area contributed by atoms with E-state index in [-0.39, 0.29) is 17.6 Å². The third kappa shape index (κ3) is 3.38. The van der Waals surface area contributed by atoms with Gasteiger partial charge in [0.1, 0.15) is 18.5 Å². The molecule has 0 amide bonds. The van der Waals surface area contributed by atoms with Crippen LogP contribution in [0.4, 0.5) is 11.4 Å².